The predicted molar refractivity (Wildman–Crippen MR) is 116 cm³/mol. The summed E-state index contributed by atoms with van der Waals surface area (Å²) in [5.41, 5.74) is 9.87. The van der Waals surface area contributed by atoms with Gasteiger partial charge in [0.15, 0.2) is 0 Å². The van der Waals surface area contributed by atoms with Crippen LogP contribution >= 0.6 is 0 Å². The summed E-state index contributed by atoms with van der Waals surface area (Å²) in [7, 11) is 0. The number of halogens is 1. The molecule has 2 aromatic carbocycles. The molecule has 5 nitrogen and oxygen atoms in total. The fourth-order valence-electron chi connectivity index (χ4n) is 5.07. The molecule has 3 aromatic rings. The summed E-state index contributed by atoms with van der Waals surface area (Å²) in [5.74, 6) is -1.12. The van der Waals surface area contributed by atoms with E-state index in [1.807, 2.05) is 41.2 Å². The number of carbonyl (C=O) groups is 1. The van der Waals surface area contributed by atoms with E-state index in [1.165, 1.54) is 17.7 Å². The molecule has 0 aliphatic heterocycles. The summed E-state index contributed by atoms with van der Waals surface area (Å²) in [6.45, 7) is 0. The van der Waals surface area contributed by atoms with E-state index in [-0.39, 0.29) is 11.5 Å². The van der Waals surface area contributed by atoms with Gasteiger partial charge in [-0.2, -0.15) is 5.10 Å². The average Bonchev–Trinajstić information content (AvgIpc) is 3.33. The maximum absolute atomic E-state index is 13.5. The Morgan fingerprint density at radius 2 is 2.06 bits per heavy atom. The first-order chi connectivity index (χ1) is 14.9. The molecule has 2 atom stereocenters. The highest BCUT2D eigenvalue weighted by Gasteiger charge is 2.45. The maximum atomic E-state index is 13.5. The minimum atomic E-state index is -0.873. The van der Waals surface area contributed by atoms with Gasteiger partial charge in [0.05, 0.1) is 23.2 Å². The number of benzene rings is 2. The molecule has 5 rings (SSSR count). The highest BCUT2D eigenvalue weighted by Crippen LogP contribution is 2.48. The summed E-state index contributed by atoms with van der Waals surface area (Å²) in [6, 6.07) is 14.1. The Bertz CT molecular complexity index is 1180. The third-order valence-corrected chi connectivity index (χ3v) is 6.74. The van der Waals surface area contributed by atoms with Crippen LogP contribution in [0.1, 0.15) is 46.4 Å². The number of carbonyl (C=O) groups excluding carboxylic acids is 1. The second-order valence-corrected chi connectivity index (χ2v) is 8.55. The van der Waals surface area contributed by atoms with Crippen LogP contribution in [0.5, 0.6) is 0 Å². The summed E-state index contributed by atoms with van der Waals surface area (Å²) in [5, 5.41) is 16.1. The molecule has 0 saturated heterocycles. The number of primary amides is 1. The Morgan fingerprint density at radius 3 is 2.84 bits per heavy atom. The smallest absolute Gasteiger partial charge is 0.249 e. The van der Waals surface area contributed by atoms with E-state index in [9.17, 15) is 14.3 Å². The molecule has 1 fully saturated rings. The predicted octanol–water partition coefficient (Wildman–Crippen LogP) is 3.82. The minimum absolute atomic E-state index is 0.0194. The van der Waals surface area contributed by atoms with Gasteiger partial charge in [0.1, 0.15) is 5.82 Å². The Balaban J connectivity index is 1.39. The van der Waals surface area contributed by atoms with Crippen LogP contribution in [0.3, 0.4) is 0 Å². The fraction of sp³-hybridized carbons (Fsp3) is 0.280. The highest BCUT2D eigenvalue weighted by molar-refractivity contribution is 5.94. The summed E-state index contributed by atoms with van der Waals surface area (Å²) < 4.78 is 15.5. The summed E-state index contributed by atoms with van der Waals surface area (Å²) in [4.78, 5) is 11.7. The van der Waals surface area contributed by atoms with Crippen LogP contribution in [0, 0.1) is 11.7 Å². The summed E-state index contributed by atoms with van der Waals surface area (Å²) >= 11 is 0. The van der Waals surface area contributed by atoms with Gasteiger partial charge in [-0.15, -0.1) is 0 Å². The van der Waals surface area contributed by atoms with Gasteiger partial charge in [-0.3, -0.25) is 4.79 Å². The molecule has 0 radical (unpaired) electrons. The second-order valence-electron chi connectivity index (χ2n) is 8.55. The van der Waals surface area contributed by atoms with Gasteiger partial charge >= 0.3 is 0 Å². The molecule has 6 heteroatoms. The van der Waals surface area contributed by atoms with Gasteiger partial charge in [-0.25, -0.2) is 9.07 Å². The van der Waals surface area contributed by atoms with Crippen molar-refractivity contribution in [3.05, 3.63) is 88.5 Å². The van der Waals surface area contributed by atoms with E-state index in [4.69, 9.17) is 5.73 Å². The van der Waals surface area contributed by atoms with Crippen molar-refractivity contribution in [1.29, 1.82) is 0 Å². The first kappa shape index (κ1) is 19.7. The van der Waals surface area contributed by atoms with E-state index >= 15 is 0 Å². The summed E-state index contributed by atoms with van der Waals surface area (Å²) in [6.07, 6.45) is 7.24. The van der Waals surface area contributed by atoms with Crippen LogP contribution < -0.4 is 5.73 Å². The molecule has 0 bridgehead atoms. The van der Waals surface area contributed by atoms with Crippen LogP contribution in [0.4, 0.5) is 4.39 Å². The molecule has 1 amide bonds. The van der Waals surface area contributed by atoms with Crippen LogP contribution in [-0.2, 0) is 12.8 Å². The average molecular weight is 417 g/mol. The third kappa shape index (κ3) is 3.47. The number of nitrogens with two attached hydrogens (primary N) is 1. The normalized spacial score (nSPS) is 22.0. The third-order valence-electron chi connectivity index (χ3n) is 6.74. The molecule has 158 valence electrons. The number of para-hydroxylation sites is 1. The zero-order valence-electron chi connectivity index (χ0n) is 17.1. The Kier molecular flexibility index (Phi) is 4.74. The minimum Gasteiger partial charge on any atom is -0.389 e. The Labute approximate surface area is 180 Å². The number of hydrogen-bond acceptors (Lipinski definition) is 3. The molecule has 1 aromatic heterocycles. The molecular formula is C25H24FN3O2. The molecule has 2 aliphatic rings. The lowest BCUT2D eigenvalue weighted by atomic mass is 9.77. The van der Waals surface area contributed by atoms with Crippen molar-refractivity contribution < 1.29 is 14.3 Å². The van der Waals surface area contributed by atoms with E-state index < -0.39 is 17.3 Å². The molecule has 1 heterocycles. The van der Waals surface area contributed by atoms with Gasteiger partial charge in [0, 0.05) is 11.5 Å². The zero-order chi connectivity index (χ0) is 21.6. The van der Waals surface area contributed by atoms with Gasteiger partial charge in [0.25, 0.3) is 0 Å². The second kappa shape index (κ2) is 7.46. The largest absolute Gasteiger partial charge is 0.389 e. The number of amides is 1. The van der Waals surface area contributed by atoms with Crippen molar-refractivity contribution in [3.63, 3.8) is 0 Å². The van der Waals surface area contributed by atoms with Gasteiger partial charge in [-0.05, 0) is 73.6 Å². The van der Waals surface area contributed by atoms with Crippen LogP contribution in [0.25, 0.3) is 11.8 Å². The first-order valence-electron chi connectivity index (χ1n) is 10.6. The number of fused-ring (bicyclic) bond motifs is 2. The molecule has 31 heavy (non-hydrogen) atoms. The number of hydrogen-bond donors (Lipinski definition) is 2. The number of aryl methyl sites for hydroxylation is 1. The van der Waals surface area contributed by atoms with Gasteiger partial charge in [0.2, 0.25) is 5.91 Å². The van der Waals surface area contributed by atoms with Crippen molar-refractivity contribution in [2.75, 3.05) is 0 Å². The van der Waals surface area contributed by atoms with Crippen molar-refractivity contribution in [2.45, 2.75) is 37.7 Å². The Morgan fingerprint density at radius 1 is 1.26 bits per heavy atom. The van der Waals surface area contributed by atoms with Crippen molar-refractivity contribution in [3.8, 4) is 5.69 Å². The van der Waals surface area contributed by atoms with Crippen LogP contribution in [-0.4, -0.2) is 26.4 Å². The standard InChI is InChI=1S/C25H24FN3O2/c26-19-7-6-16(21(14-19)24(27)30)8-10-25(31)11-9-17-13-23-18(12-22(17)25)15-28-29(23)20-4-2-1-3-5-20/h1-7,13-15,22,31H,8-12H2,(H2,27,30)/t22?,25-/m0/s1. The maximum Gasteiger partial charge on any atom is 0.249 e. The van der Waals surface area contributed by atoms with Gasteiger partial charge < -0.3 is 10.8 Å². The number of nitrogens with zero attached hydrogens (tertiary/aromatic N) is 2. The number of aliphatic hydroxyl groups is 1. The lowest BCUT2D eigenvalue weighted by Gasteiger charge is -2.32. The monoisotopic (exact) mass is 417 g/mol. The molecule has 1 saturated carbocycles. The zero-order valence-corrected chi connectivity index (χ0v) is 17.1. The van der Waals surface area contributed by atoms with Crippen molar-refractivity contribution in [2.24, 2.45) is 11.7 Å². The van der Waals surface area contributed by atoms with E-state index in [0.717, 1.165) is 29.8 Å². The van der Waals surface area contributed by atoms with E-state index in [0.29, 0.717) is 24.8 Å². The quantitative estimate of drug-likeness (QED) is 0.662. The van der Waals surface area contributed by atoms with Crippen molar-refractivity contribution in [1.82, 2.24) is 9.78 Å². The molecular weight excluding hydrogens is 393 g/mol. The lowest BCUT2D eigenvalue weighted by molar-refractivity contribution is 0.00152. The first-order valence-corrected chi connectivity index (χ1v) is 10.6. The van der Waals surface area contributed by atoms with Crippen molar-refractivity contribution >= 4 is 12.0 Å². The molecule has 2 aliphatic carbocycles. The number of aromatic nitrogens is 2. The SMILES string of the molecule is NC(=O)c1cc(F)ccc1CC[C@]1(O)CCC2=Cc3c(cnn3-c3ccccc3)CC21. The lowest BCUT2D eigenvalue weighted by Crippen LogP contribution is -2.36. The topological polar surface area (TPSA) is 81.1 Å². The fourth-order valence-corrected chi connectivity index (χ4v) is 5.07. The molecule has 1 unspecified atom stereocenters. The Hall–Kier alpha value is -3.25. The van der Waals surface area contributed by atoms with E-state index in [1.54, 1.807) is 6.07 Å². The molecule has 0 spiro atoms. The van der Waals surface area contributed by atoms with Crippen LogP contribution in [0.15, 0.2) is 60.3 Å². The van der Waals surface area contributed by atoms with Crippen LogP contribution in [0.2, 0.25) is 0 Å². The number of rotatable bonds is 5. The highest BCUT2D eigenvalue weighted by atomic mass is 19.1. The molecule has 3 N–H and O–H groups in total. The van der Waals surface area contributed by atoms with Gasteiger partial charge in [-0.1, -0.05) is 29.8 Å². The van der Waals surface area contributed by atoms with E-state index in [2.05, 4.69) is 11.2 Å².